The fourth-order valence-corrected chi connectivity index (χ4v) is 3.35. The Kier molecular flexibility index (Phi) is 9.24. The van der Waals surface area contributed by atoms with Crippen LogP contribution >= 0.6 is 11.6 Å². The van der Waals surface area contributed by atoms with Crippen molar-refractivity contribution in [1.82, 2.24) is 14.5 Å². The molecule has 0 radical (unpaired) electrons. The van der Waals surface area contributed by atoms with E-state index in [-0.39, 0.29) is 5.75 Å². The largest absolute Gasteiger partial charge is 0.357 e. The van der Waals surface area contributed by atoms with E-state index < -0.39 is 10.0 Å². The zero-order valence-electron chi connectivity index (χ0n) is 15.5. The van der Waals surface area contributed by atoms with Crippen molar-refractivity contribution in [3.05, 3.63) is 34.9 Å². The van der Waals surface area contributed by atoms with E-state index >= 15 is 0 Å². The van der Waals surface area contributed by atoms with Gasteiger partial charge in [-0.25, -0.2) is 12.7 Å². The first-order valence-corrected chi connectivity index (χ1v) is 10.5. The predicted molar refractivity (Wildman–Crippen MR) is 106 cm³/mol. The van der Waals surface area contributed by atoms with Gasteiger partial charge in [0.2, 0.25) is 10.0 Å². The topological polar surface area (TPSA) is 65.0 Å². The molecule has 0 fully saturated rings. The third-order valence-corrected chi connectivity index (χ3v) is 5.83. The molecule has 0 unspecified atom stereocenters. The molecule has 6 nitrogen and oxygen atoms in total. The minimum absolute atomic E-state index is 0.123. The fourth-order valence-electron chi connectivity index (χ4n) is 2.29. The summed E-state index contributed by atoms with van der Waals surface area (Å²) in [6.45, 7) is 6.16. The summed E-state index contributed by atoms with van der Waals surface area (Å²) in [5.41, 5.74) is 1.11. The third kappa shape index (κ3) is 7.63. The summed E-state index contributed by atoms with van der Waals surface area (Å²) in [4.78, 5) is 6.62. The van der Waals surface area contributed by atoms with Crippen molar-refractivity contribution < 1.29 is 8.42 Å². The van der Waals surface area contributed by atoms with Crippen LogP contribution in [0.25, 0.3) is 0 Å². The molecule has 0 atom stereocenters. The molecule has 0 amide bonds. The molecule has 1 N–H and O–H groups in total. The second-order valence-electron chi connectivity index (χ2n) is 5.80. The number of hydrogen-bond acceptors (Lipinski definition) is 3. The number of halogens is 1. The van der Waals surface area contributed by atoms with Crippen LogP contribution in [0.2, 0.25) is 5.02 Å². The van der Waals surface area contributed by atoms with E-state index in [4.69, 9.17) is 11.6 Å². The molecule has 0 saturated heterocycles. The predicted octanol–water partition coefficient (Wildman–Crippen LogP) is 2.41. The fraction of sp³-hybridized carbons (Fsp3) is 0.588. The van der Waals surface area contributed by atoms with Crippen molar-refractivity contribution in [2.24, 2.45) is 4.99 Å². The van der Waals surface area contributed by atoms with Crippen molar-refractivity contribution in [1.29, 1.82) is 0 Å². The van der Waals surface area contributed by atoms with Gasteiger partial charge in [0.1, 0.15) is 0 Å². The Balaban J connectivity index is 2.61. The Morgan fingerprint density at radius 3 is 2.60 bits per heavy atom. The summed E-state index contributed by atoms with van der Waals surface area (Å²) in [7, 11) is 0.455. The van der Waals surface area contributed by atoms with Gasteiger partial charge in [-0.2, -0.15) is 0 Å². The van der Waals surface area contributed by atoms with Crippen LogP contribution in [0.15, 0.2) is 29.3 Å². The summed E-state index contributed by atoms with van der Waals surface area (Å²) in [6, 6.07) is 7.74. The first kappa shape index (κ1) is 21.7. The Labute approximate surface area is 156 Å². The smallest absolute Gasteiger partial charge is 0.213 e. The standard InChI is InChI=1S/C17H29ClN4O2S/c1-5-19-17(20-11-8-12-22(4)25(23,24)6-2)21(3)14-15-9-7-10-16(18)13-15/h7,9-10,13H,5-6,8,11-12,14H2,1-4H3,(H,19,20). The van der Waals surface area contributed by atoms with Crippen molar-refractivity contribution in [3.63, 3.8) is 0 Å². The van der Waals surface area contributed by atoms with E-state index in [2.05, 4.69) is 10.3 Å². The second kappa shape index (κ2) is 10.6. The third-order valence-electron chi connectivity index (χ3n) is 3.74. The zero-order valence-corrected chi connectivity index (χ0v) is 17.1. The van der Waals surface area contributed by atoms with Gasteiger partial charge in [-0.05, 0) is 38.0 Å². The average Bonchev–Trinajstić information content (AvgIpc) is 2.57. The molecule has 0 aliphatic rings. The molecule has 0 saturated carbocycles. The zero-order chi connectivity index (χ0) is 18.9. The molecular formula is C17H29ClN4O2S. The number of rotatable bonds is 9. The molecule has 0 aromatic heterocycles. The number of nitrogens with one attached hydrogen (secondary N) is 1. The number of benzene rings is 1. The number of guanidine groups is 1. The molecule has 0 aliphatic carbocycles. The van der Waals surface area contributed by atoms with Crippen LogP contribution in [-0.2, 0) is 16.6 Å². The van der Waals surface area contributed by atoms with Gasteiger partial charge in [0.25, 0.3) is 0 Å². The van der Waals surface area contributed by atoms with Gasteiger partial charge in [-0.3, -0.25) is 4.99 Å². The normalized spacial score (nSPS) is 12.5. The lowest BCUT2D eigenvalue weighted by molar-refractivity contribution is 0.459. The maximum Gasteiger partial charge on any atom is 0.213 e. The average molecular weight is 389 g/mol. The van der Waals surface area contributed by atoms with Crippen LogP contribution in [0.1, 0.15) is 25.8 Å². The summed E-state index contributed by atoms with van der Waals surface area (Å²) < 4.78 is 24.8. The molecule has 1 aromatic carbocycles. The van der Waals surface area contributed by atoms with Crippen LogP contribution in [-0.4, -0.2) is 63.1 Å². The highest BCUT2D eigenvalue weighted by atomic mass is 35.5. The van der Waals surface area contributed by atoms with Gasteiger partial charge in [0.05, 0.1) is 5.75 Å². The van der Waals surface area contributed by atoms with Crippen LogP contribution < -0.4 is 5.32 Å². The molecule has 0 aliphatic heterocycles. The lowest BCUT2D eigenvalue weighted by atomic mass is 10.2. The van der Waals surface area contributed by atoms with E-state index in [1.807, 2.05) is 43.1 Å². The van der Waals surface area contributed by atoms with E-state index in [1.54, 1.807) is 14.0 Å². The molecule has 25 heavy (non-hydrogen) atoms. The van der Waals surface area contributed by atoms with Crippen molar-refractivity contribution >= 4 is 27.6 Å². The molecule has 1 rings (SSSR count). The molecule has 0 heterocycles. The van der Waals surface area contributed by atoms with Gasteiger partial charge < -0.3 is 10.2 Å². The van der Waals surface area contributed by atoms with Crippen molar-refractivity contribution in [2.75, 3.05) is 39.5 Å². The highest BCUT2D eigenvalue weighted by Crippen LogP contribution is 2.12. The first-order chi connectivity index (χ1) is 11.8. The van der Waals surface area contributed by atoms with Crippen LogP contribution in [0, 0.1) is 0 Å². The molecule has 142 valence electrons. The Morgan fingerprint density at radius 1 is 1.28 bits per heavy atom. The highest BCUT2D eigenvalue weighted by Gasteiger charge is 2.14. The van der Waals surface area contributed by atoms with Gasteiger partial charge >= 0.3 is 0 Å². The lowest BCUT2D eigenvalue weighted by Gasteiger charge is -2.22. The molecule has 8 heteroatoms. The van der Waals surface area contributed by atoms with Gasteiger partial charge in [-0.1, -0.05) is 23.7 Å². The van der Waals surface area contributed by atoms with E-state index in [1.165, 1.54) is 4.31 Å². The maximum atomic E-state index is 11.7. The lowest BCUT2D eigenvalue weighted by Crippen LogP contribution is -2.38. The van der Waals surface area contributed by atoms with Crippen LogP contribution in [0.3, 0.4) is 0 Å². The number of hydrogen-bond donors (Lipinski definition) is 1. The SMILES string of the molecule is CCNC(=NCCCN(C)S(=O)(=O)CC)N(C)Cc1cccc(Cl)c1. The van der Waals surface area contributed by atoms with E-state index in [0.717, 1.165) is 18.1 Å². The molecule has 0 spiro atoms. The Bertz CT molecular complexity index is 664. The Morgan fingerprint density at radius 2 is 2.00 bits per heavy atom. The molecule has 0 bridgehead atoms. The highest BCUT2D eigenvalue weighted by molar-refractivity contribution is 7.89. The van der Waals surface area contributed by atoms with Crippen LogP contribution in [0.5, 0.6) is 0 Å². The monoisotopic (exact) mass is 388 g/mol. The minimum Gasteiger partial charge on any atom is -0.357 e. The van der Waals surface area contributed by atoms with Gasteiger partial charge in [0.15, 0.2) is 5.96 Å². The van der Waals surface area contributed by atoms with Crippen molar-refractivity contribution in [2.45, 2.75) is 26.8 Å². The van der Waals surface area contributed by atoms with Gasteiger partial charge in [0, 0.05) is 45.3 Å². The second-order valence-corrected chi connectivity index (χ2v) is 8.60. The van der Waals surface area contributed by atoms with Crippen LogP contribution in [0.4, 0.5) is 0 Å². The summed E-state index contributed by atoms with van der Waals surface area (Å²) in [6.07, 6.45) is 0.676. The minimum atomic E-state index is -3.12. The summed E-state index contributed by atoms with van der Waals surface area (Å²) in [5, 5.41) is 3.97. The van der Waals surface area contributed by atoms with Gasteiger partial charge in [-0.15, -0.1) is 0 Å². The molecular weight excluding hydrogens is 360 g/mol. The number of aliphatic imine (C=N–C) groups is 1. The quantitative estimate of drug-likeness (QED) is 0.401. The summed E-state index contributed by atoms with van der Waals surface area (Å²) in [5.74, 6) is 0.918. The first-order valence-electron chi connectivity index (χ1n) is 8.48. The van der Waals surface area contributed by atoms with E-state index in [9.17, 15) is 8.42 Å². The number of nitrogens with zero attached hydrogens (tertiary/aromatic N) is 3. The van der Waals surface area contributed by atoms with Crippen molar-refractivity contribution in [3.8, 4) is 0 Å². The Hall–Kier alpha value is -1.31. The van der Waals surface area contributed by atoms with E-state index in [0.29, 0.717) is 31.1 Å². The maximum absolute atomic E-state index is 11.7. The summed E-state index contributed by atoms with van der Waals surface area (Å²) >= 11 is 6.03. The number of sulfonamides is 1. The molecule has 1 aromatic rings.